The third-order valence-electron chi connectivity index (χ3n) is 3.23. The molecular formula is C12H22N4O. The van der Waals surface area contributed by atoms with E-state index in [9.17, 15) is 0 Å². The molecule has 1 unspecified atom stereocenters. The molecule has 1 N–H and O–H groups in total. The number of piperidine rings is 1. The summed E-state index contributed by atoms with van der Waals surface area (Å²) in [5, 5.41) is 7.35. The number of hydrogen-bond donors (Lipinski definition) is 1. The Bertz CT molecular complexity index is 295. The van der Waals surface area contributed by atoms with E-state index in [2.05, 4.69) is 27.3 Å². The zero-order valence-corrected chi connectivity index (χ0v) is 10.6. The molecule has 0 aliphatic carbocycles. The molecule has 17 heavy (non-hydrogen) atoms. The molecule has 1 fully saturated rings. The van der Waals surface area contributed by atoms with Crippen molar-refractivity contribution in [1.29, 1.82) is 0 Å². The van der Waals surface area contributed by atoms with Gasteiger partial charge < -0.3 is 9.84 Å². The number of nitrogens with zero attached hydrogens (tertiary/aromatic N) is 3. The van der Waals surface area contributed by atoms with Gasteiger partial charge in [0, 0.05) is 6.54 Å². The Labute approximate surface area is 103 Å². The Morgan fingerprint density at radius 2 is 2.53 bits per heavy atom. The summed E-state index contributed by atoms with van der Waals surface area (Å²) >= 11 is 0. The molecule has 5 heteroatoms. The first-order valence-corrected chi connectivity index (χ1v) is 6.56. The van der Waals surface area contributed by atoms with Crippen molar-refractivity contribution in [2.75, 3.05) is 26.2 Å². The average Bonchev–Trinajstić information content (AvgIpc) is 2.83. The van der Waals surface area contributed by atoms with Crippen LogP contribution in [0.25, 0.3) is 0 Å². The summed E-state index contributed by atoms with van der Waals surface area (Å²) < 4.78 is 4.78. The average molecular weight is 238 g/mol. The van der Waals surface area contributed by atoms with Gasteiger partial charge >= 0.3 is 0 Å². The molecule has 0 spiro atoms. The topological polar surface area (TPSA) is 54.2 Å². The maximum Gasteiger partial charge on any atom is 0.213 e. The van der Waals surface area contributed by atoms with E-state index in [1.807, 2.05) is 0 Å². The van der Waals surface area contributed by atoms with Gasteiger partial charge in [0.05, 0.1) is 6.54 Å². The molecule has 5 nitrogen and oxygen atoms in total. The first-order valence-electron chi connectivity index (χ1n) is 6.56. The smallest absolute Gasteiger partial charge is 0.213 e. The van der Waals surface area contributed by atoms with Crippen LogP contribution in [0.1, 0.15) is 32.0 Å². The van der Waals surface area contributed by atoms with Gasteiger partial charge in [-0.15, -0.1) is 0 Å². The van der Waals surface area contributed by atoms with Crippen LogP contribution in [0.15, 0.2) is 10.9 Å². The van der Waals surface area contributed by atoms with E-state index in [0.29, 0.717) is 0 Å². The van der Waals surface area contributed by atoms with Crippen LogP contribution >= 0.6 is 0 Å². The van der Waals surface area contributed by atoms with E-state index in [1.165, 1.54) is 25.8 Å². The Hall–Kier alpha value is -0.940. The number of aromatic nitrogens is 2. The summed E-state index contributed by atoms with van der Waals surface area (Å²) in [6.45, 7) is 7.57. The Kier molecular flexibility index (Phi) is 4.94. The van der Waals surface area contributed by atoms with E-state index in [0.717, 1.165) is 44.3 Å². The second-order valence-electron chi connectivity index (χ2n) is 4.79. The number of hydrogen-bond acceptors (Lipinski definition) is 5. The molecule has 1 atom stereocenters. The van der Waals surface area contributed by atoms with Gasteiger partial charge in [-0.3, -0.25) is 4.90 Å². The van der Waals surface area contributed by atoms with Crippen molar-refractivity contribution in [3.8, 4) is 0 Å². The zero-order chi connectivity index (χ0) is 11.9. The maximum absolute atomic E-state index is 4.78. The molecule has 1 aliphatic rings. The predicted molar refractivity (Wildman–Crippen MR) is 65.5 cm³/mol. The quantitative estimate of drug-likeness (QED) is 0.809. The molecule has 2 rings (SSSR count). The van der Waals surface area contributed by atoms with E-state index >= 15 is 0 Å². The standard InChI is InChI=1S/C12H22N4O/c1-2-6-16(9-12-14-10-17-15-12)8-11-4-3-5-13-7-11/h10-11,13H,2-9H2,1H3. The normalized spacial score (nSPS) is 20.9. The summed E-state index contributed by atoms with van der Waals surface area (Å²) in [5.74, 6) is 1.56. The lowest BCUT2D eigenvalue weighted by Gasteiger charge is -2.29. The lowest BCUT2D eigenvalue weighted by Crippen LogP contribution is -2.38. The Morgan fingerprint density at radius 3 is 3.18 bits per heavy atom. The summed E-state index contributed by atoms with van der Waals surface area (Å²) in [7, 11) is 0. The van der Waals surface area contributed by atoms with E-state index in [1.54, 1.807) is 0 Å². The third kappa shape index (κ3) is 4.09. The molecule has 0 saturated carbocycles. The molecule has 0 amide bonds. The van der Waals surface area contributed by atoms with Gasteiger partial charge in [0.1, 0.15) is 0 Å². The first-order chi connectivity index (χ1) is 8.38. The fourth-order valence-corrected chi connectivity index (χ4v) is 2.46. The van der Waals surface area contributed by atoms with Gasteiger partial charge in [-0.2, -0.15) is 4.98 Å². The van der Waals surface area contributed by atoms with Crippen LogP contribution in [-0.4, -0.2) is 41.2 Å². The van der Waals surface area contributed by atoms with Crippen LogP contribution in [0.4, 0.5) is 0 Å². The SMILES string of the molecule is CCCN(Cc1ncon1)CC1CCCNC1. The second-order valence-corrected chi connectivity index (χ2v) is 4.79. The van der Waals surface area contributed by atoms with Crippen LogP contribution < -0.4 is 5.32 Å². The van der Waals surface area contributed by atoms with Crippen molar-refractivity contribution in [2.24, 2.45) is 5.92 Å². The minimum absolute atomic E-state index is 0.766. The molecule has 96 valence electrons. The molecular weight excluding hydrogens is 216 g/mol. The molecule has 0 aromatic carbocycles. The van der Waals surface area contributed by atoms with Gasteiger partial charge in [-0.1, -0.05) is 12.1 Å². The van der Waals surface area contributed by atoms with Crippen LogP contribution in [0.2, 0.25) is 0 Å². The summed E-state index contributed by atoms with van der Waals surface area (Å²) in [4.78, 5) is 6.53. The summed E-state index contributed by atoms with van der Waals surface area (Å²) in [6.07, 6.45) is 5.20. The fourth-order valence-electron chi connectivity index (χ4n) is 2.46. The molecule has 0 bridgehead atoms. The van der Waals surface area contributed by atoms with E-state index < -0.39 is 0 Å². The largest absolute Gasteiger partial charge is 0.343 e. The van der Waals surface area contributed by atoms with Crippen LogP contribution in [0.3, 0.4) is 0 Å². The van der Waals surface area contributed by atoms with Crippen molar-refractivity contribution < 1.29 is 4.52 Å². The van der Waals surface area contributed by atoms with Crippen LogP contribution in [-0.2, 0) is 6.54 Å². The maximum atomic E-state index is 4.78. The number of rotatable bonds is 6. The molecule has 2 heterocycles. The highest BCUT2D eigenvalue weighted by Gasteiger charge is 2.17. The lowest BCUT2D eigenvalue weighted by molar-refractivity contribution is 0.195. The van der Waals surface area contributed by atoms with Crippen molar-refractivity contribution in [1.82, 2.24) is 20.4 Å². The minimum Gasteiger partial charge on any atom is -0.343 e. The molecule has 1 aromatic rings. The van der Waals surface area contributed by atoms with Gasteiger partial charge in [-0.05, 0) is 44.8 Å². The fraction of sp³-hybridized carbons (Fsp3) is 0.833. The summed E-state index contributed by atoms with van der Waals surface area (Å²) in [5.41, 5.74) is 0. The Balaban J connectivity index is 1.83. The molecule has 0 radical (unpaired) electrons. The van der Waals surface area contributed by atoms with Crippen molar-refractivity contribution in [2.45, 2.75) is 32.7 Å². The summed E-state index contributed by atoms with van der Waals surface area (Å²) in [6, 6.07) is 0. The van der Waals surface area contributed by atoms with Gasteiger partial charge in [0.25, 0.3) is 0 Å². The van der Waals surface area contributed by atoms with Crippen molar-refractivity contribution >= 4 is 0 Å². The van der Waals surface area contributed by atoms with Gasteiger partial charge in [0.2, 0.25) is 6.39 Å². The van der Waals surface area contributed by atoms with E-state index in [-0.39, 0.29) is 0 Å². The highest BCUT2D eigenvalue weighted by Crippen LogP contribution is 2.13. The molecule has 1 saturated heterocycles. The van der Waals surface area contributed by atoms with Crippen molar-refractivity contribution in [3.63, 3.8) is 0 Å². The van der Waals surface area contributed by atoms with E-state index in [4.69, 9.17) is 4.52 Å². The first kappa shape index (κ1) is 12.5. The molecule has 1 aromatic heterocycles. The molecule has 1 aliphatic heterocycles. The highest BCUT2D eigenvalue weighted by atomic mass is 16.5. The van der Waals surface area contributed by atoms with Crippen LogP contribution in [0.5, 0.6) is 0 Å². The third-order valence-corrected chi connectivity index (χ3v) is 3.23. The van der Waals surface area contributed by atoms with Crippen LogP contribution in [0, 0.1) is 5.92 Å². The van der Waals surface area contributed by atoms with Gasteiger partial charge in [0.15, 0.2) is 5.82 Å². The van der Waals surface area contributed by atoms with Crippen molar-refractivity contribution in [3.05, 3.63) is 12.2 Å². The van der Waals surface area contributed by atoms with Gasteiger partial charge in [-0.25, -0.2) is 0 Å². The zero-order valence-electron chi connectivity index (χ0n) is 10.6. The lowest BCUT2D eigenvalue weighted by atomic mass is 9.99. The Morgan fingerprint density at radius 1 is 1.59 bits per heavy atom. The highest BCUT2D eigenvalue weighted by molar-refractivity contribution is 4.80. The minimum atomic E-state index is 0.766. The monoisotopic (exact) mass is 238 g/mol. The predicted octanol–water partition coefficient (Wildman–Crippen LogP) is 1.28. The number of nitrogens with one attached hydrogen (secondary N) is 1. The second kappa shape index (κ2) is 6.71.